The van der Waals surface area contributed by atoms with Crippen molar-refractivity contribution in [3.63, 3.8) is 0 Å². The molecule has 0 radical (unpaired) electrons. The number of carboxylic acids is 2. The van der Waals surface area contributed by atoms with E-state index in [9.17, 15) is 24.6 Å². The molecule has 3 N–H and O–H groups in total. The van der Waals surface area contributed by atoms with Gasteiger partial charge in [-0.1, -0.05) is 53.0 Å². The summed E-state index contributed by atoms with van der Waals surface area (Å²) in [6, 6.07) is 16.1. The zero-order valence-corrected chi connectivity index (χ0v) is 19.8. The van der Waals surface area contributed by atoms with Crippen LogP contribution in [-0.2, 0) is 15.1 Å². The molecule has 9 heteroatoms. The van der Waals surface area contributed by atoms with Crippen molar-refractivity contribution in [3.05, 3.63) is 110 Å². The first kappa shape index (κ1) is 24.2. The van der Waals surface area contributed by atoms with E-state index in [1.165, 1.54) is 30.3 Å². The number of rotatable bonds is 6. The Hall–Kier alpha value is -3.94. The highest BCUT2D eigenvalue weighted by molar-refractivity contribution is 6.34. The molecule has 3 aromatic carbocycles. The zero-order chi connectivity index (χ0) is 25.3. The van der Waals surface area contributed by atoms with Gasteiger partial charge < -0.3 is 15.5 Å². The van der Waals surface area contributed by atoms with E-state index in [1.807, 2.05) is 19.1 Å². The van der Waals surface area contributed by atoms with Gasteiger partial charge >= 0.3 is 11.9 Å². The van der Waals surface area contributed by atoms with Crippen LogP contribution < -0.4 is 15.9 Å². The number of nitrogens with one attached hydrogen (secondary N) is 1. The number of aliphatic carboxylic acids is 2. The van der Waals surface area contributed by atoms with E-state index in [0.29, 0.717) is 11.3 Å². The Kier molecular flexibility index (Phi) is 6.47. The molecule has 1 aliphatic heterocycles. The molecule has 1 atom stereocenters. The van der Waals surface area contributed by atoms with Gasteiger partial charge in [0, 0.05) is 33.1 Å². The fourth-order valence-electron chi connectivity index (χ4n) is 3.93. The van der Waals surface area contributed by atoms with Crippen molar-refractivity contribution in [3.8, 4) is 0 Å². The van der Waals surface area contributed by atoms with Crippen LogP contribution in [-0.4, -0.2) is 28.1 Å². The quantitative estimate of drug-likeness (QED) is 0.435. The van der Waals surface area contributed by atoms with Crippen molar-refractivity contribution in [2.45, 2.75) is 12.5 Å². The van der Waals surface area contributed by atoms with Gasteiger partial charge in [0.15, 0.2) is 0 Å². The largest absolute Gasteiger partial charge is 0.479 e. The summed E-state index contributed by atoms with van der Waals surface area (Å²) < 4.78 is 0. The lowest BCUT2D eigenvalue weighted by molar-refractivity contribution is -0.141. The number of carbonyl (C=O) groups is 3. The molecule has 0 fully saturated rings. The van der Waals surface area contributed by atoms with E-state index in [0.717, 1.165) is 11.6 Å². The Bertz CT molecular complexity index is 1530. The topological polar surface area (TPSA) is 116 Å². The van der Waals surface area contributed by atoms with Crippen molar-refractivity contribution < 1.29 is 24.6 Å². The summed E-state index contributed by atoms with van der Waals surface area (Å²) >= 11 is 12.5. The van der Waals surface area contributed by atoms with E-state index < -0.39 is 17.5 Å². The molecule has 1 aliphatic rings. The number of anilines is 1. The SMILES string of the molecule is Cc1ccc(C(=O)Nc2cccc(C3(C(=O)O)N=c4cc(Cl)cc(Cl)c4=C3C=CC(=O)O)c2)cc1. The van der Waals surface area contributed by atoms with Gasteiger partial charge in [-0.3, -0.25) is 9.79 Å². The van der Waals surface area contributed by atoms with Crippen molar-refractivity contribution in [2.75, 3.05) is 5.32 Å². The maximum Gasteiger partial charge on any atom is 0.341 e. The molecule has 0 aliphatic carbocycles. The third kappa shape index (κ3) is 4.56. The zero-order valence-electron chi connectivity index (χ0n) is 18.3. The molecule has 0 bridgehead atoms. The van der Waals surface area contributed by atoms with Crippen molar-refractivity contribution in [1.29, 1.82) is 0 Å². The van der Waals surface area contributed by atoms with Gasteiger partial charge in [-0.05, 0) is 55.0 Å². The number of benzene rings is 3. The second-order valence-electron chi connectivity index (χ2n) is 7.90. The summed E-state index contributed by atoms with van der Waals surface area (Å²) in [5.41, 5.74) is 0.0139. The molecule has 3 aromatic rings. The Labute approximate surface area is 209 Å². The summed E-state index contributed by atoms with van der Waals surface area (Å²) in [5.74, 6) is -3.00. The summed E-state index contributed by atoms with van der Waals surface area (Å²) in [6.07, 6.45) is 1.99. The molecule has 0 saturated carbocycles. The summed E-state index contributed by atoms with van der Waals surface area (Å²) in [6.45, 7) is 1.91. The van der Waals surface area contributed by atoms with Crippen molar-refractivity contribution in [1.82, 2.24) is 0 Å². The van der Waals surface area contributed by atoms with Gasteiger partial charge in [-0.25, -0.2) is 9.59 Å². The number of halogens is 2. The first-order valence-electron chi connectivity index (χ1n) is 10.3. The van der Waals surface area contributed by atoms with Gasteiger partial charge in [0.2, 0.25) is 5.54 Å². The number of fused-ring (bicyclic) bond motifs is 1. The molecule has 0 aromatic heterocycles. The highest BCUT2D eigenvalue weighted by Crippen LogP contribution is 2.39. The normalized spacial score (nSPS) is 16.6. The number of carbonyl (C=O) groups excluding carboxylic acids is 1. The molecule has 1 unspecified atom stereocenters. The molecule has 176 valence electrons. The van der Waals surface area contributed by atoms with E-state index >= 15 is 0 Å². The first-order valence-corrected chi connectivity index (χ1v) is 11.1. The van der Waals surface area contributed by atoms with E-state index in [2.05, 4.69) is 10.3 Å². The fourth-order valence-corrected chi connectivity index (χ4v) is 4.52. The molecular formula is C26H18Cl2N2O5. The van der Waals surface area contributed by atoms with Crippen LogP contribution in [0.1, 0.15) is 21.5 Å². The lowest BCUT2D eigenvalue weighted by Crippen LogP contribution is -2.35. The predicted octanol–water partition coefficient (Wildman–Crippen LogP) is 3.96. The predicted molar refractivity (Wildman–Crippen MR) is 132 cm³/mol. The number of hydrogen-bond donors (Lipinski definition) is 3. The molecule has 4 rings (SSSR count). The molecule has 35 heavy (non-hydrogen) atoms. The Morgan fingerprint density at radius 3 is 2.37 bits per heavy atom. The Morgan fingerprint density at radius 1 is 1.00 bits per heavy atom. The fraction of sp³-hybridized carbons (Fsp3) is 0.0769. The molecule has 0 spiro atoms. The van der Waals surface area contributed by atoms with Gasteiger partial charge in [-0.15, -0.1) is 0 Å². The smallest absolute Gasteiger partial charge is 0.341 e. The highest BCUT2D eigenvalue weighted by atomic mass is 35.5. The average Bonchev–Trinajstić information content (AvgIpc) is 3.13. The lowest BCUT2D eigenvalue weighted by Gasteiger charge is -2.25. The third-order valence-electron chi connectivity index (χ3n) is 5.54. The Balaban J connectivity index is 1.87. The van der Waals surface area contributed by atoms with E-state index in [-0.39, 0.29) is 37.7 Å². The first-order chi connectivity index (χ1) is 16.6. The van der Waals surface area contributed by atoms with Crippen LogP contribution in [0.3, 0.4) is 0 Å². The molecule has 7 nitrogen and oxygen atoms in total. The lowest BCUT2D eigenvalue weighted by atomic mass is 9.82. The summed E-state index contributed by atoms with van der Waals surface area (Å²) in [7, 11) is 0. The number of carboxylic acid groups (broad SMARTS) is 2. The maximum absolute atomic E-state index is 12.8. The van der Waals surface area contributed by atoms with Gasteiger partial charge in [-0.2, -0.15) is 0 Å². The van der Waals surface area contributed by atoms with E-state index in [4.69, 9.17) is 23.2 Å². The van der Waals surface area contributed by atoms with Crippen LogP contribution >= 0.6 is 23.2 Å². The highest BCUT2D eigenvalue weighted by Gasteiger charge is 2.46. The second kappa shape index (κ2) is 9.37. The van der Waals surface area contributed by atoms with Crippen LogP contribution in [0.5, 0.6) is 0 Å². The maximum atomic E-state index is 12.8. The number of nitrogens with zero attached hydrogens (tertiary/aromatic N) is 1. The number of amides is 1. The molecule has 1 heterocycles. The van der Waals surface area contributed by atoms with Crippen LogP contribution in [0.15, 0.2) is 77.8 Å². The molecule has 1 amide bonds. The van der Waals surface area contributed by atoms with Gasteiger partial charge in [0.05, 0.1) is 10.4 Å². The Morgan fingerprint density at radius 2 is 1.71 bits per heavy atom. The molecular weight excluding hydrogens is 491 g/mol. The standard InChI is InChI=1S/C26H18Cl2N2O5/c1-14-5-7-15(8-6-14)24(33)29-18-4-2-3-16(11-18)26(25(34)35)19(9-10-22(31)32)23-20(28)12-17(27)13-21(23)30-26/h2-13H,1H3,(H,29,33)(H,31,32)(H,34,35). The minimum Gasteiger partial charge on any atom is -0.479 e. The third-order valence-corrected chi connectivity index (χ3v) is 6.05. The van der Waals surface area contributed by atoms with Gasteiger partial charge in [0.25, 0.3) is 5.91 Å². The molecule has 0 saturated heterocycles. The average molecular weight is 509 g/mol. The summed E-state index contributed by atoms with van der Waals surface area (Å²) in [5, 5.41) is 23.2. The van der Waals surface area contributed by atoms with E-state index in [1.54, 1.807) is 24.3 Å². The minimum absolute atomic E-state index is 0.0612. The second-order valence-corrected chi connectivity index (χ2v) is 8.74. The van der Waals surface area contributed by atoms with Crippen LogP contribution in [0, 0.1) is 6.92 Å². The minimum atomic E-state index is -2.02. The summed E-state index contributed by atoms with van der Waals surface area (Å²) in [4.78, 5) is 41.2. The number of hydrogen-bond acceptors (Lipinski definition) is 4. The van der Waals surface area contributed by atoms with Crippen LogP contribution in [0.4, 0.5) is 5.69 Å². The van der Waals surface area contributed by atoms with Crippen LogP contribution in [0.25, 0.3) is 5.57 Å². The van der Waals surface area contributed by atoms with Crippen LogP contribution in [0.2, 0.25) is 10.0 Å². The van der Waals surface area contributed by atoms with Crippen molar-refractivity contribution in [2.24, 2.45) is 4.99 Å². The monoisotopic (exact) mass is 508 g/mol. The number of aryl methyl sites for hydroxylation is 1. The van der Waals surface area contributed by atoms with Gasteiger partial charge in [0.1, 0.15) is 0 Å². The van der Waals surface area contributed by atoms with Crippen molar-refractivity contribution >= 4 is 52.3 Å².